The van der Waals surface area contributed by atoms with E-state index < -0.39 is 6.03 Å². The first-order valence-electron chi connectivity index (χ1n) is 2.88. The van der Waals surface area contributed by atoms with Gasteiger partial charge in [-0.3, -0.25) is 0 Å². The fourth-order valence-corrected chi connectivity index (χ4v) is 0.602. The van der Waals surface area contributed by atoms with Gasteiger partial charge >= 0.3 is 12.1 Å². The van der Waals surface area contributed by atoms with Gasteiger partial charge < -0.3 is 0 Å². The molecule has 56 valence electrons. The number of amides is 4. The van der Waals surface area contributed by atoms with Gasteiger partial charge in [-0.05, 0) is 6.92 Å². The molecule has 4 amide bonds. The summed E-state index contributed by atoms with van der Waals surface area (Å²) in [6, 6.07) is -0.788. The molecular weight excluding hydrogens is 136 g/mol. The van der Waals surface area contributed by atoms with Crippen LogP contribution in [0.3, 0.4) is 0 Å². The quantitative estimate of drug-likeness (QED) is 0.449. The van der Waals surface area contributed by atoms with Crippen molar-refractivity contribution in [1.82, 2.24) is 21.3 Å². The largest absolute Gasteiger partial charge is 0.354 e. The minimum absolute atomic E-state index is 0.359. The van der Waals surface area contributed by atoms with E-state index in [1.807, 2.05) is 0 Å². The Bertz CT molecular complexity index is 169. The van der Waals surface area contributed by atoms with Gasteiger partial charge in [0.05, 0.1) is 0 Å². The van der Waals surface area contributed by atoms with E-state index in [-0.39, 0.29) is 6.03 Å². The number of nitrogens with one attached hydrogen (secondary N) is 3. The van der Waals surface area contributed by atoms with Gasteiger partial charge in [-0.15, -0.1) is 0 Å². The van der Waals surface area contributed by atoms with Gasteiger partial charge in [-0.2, -0.15) is 0 Å². The maximum atomic E-state index is 10.7. The summed E-state index contributed by atoms with van der Waals surface area (Å²) in [6.45, 7) is 2.20. The van der Waals surface area contributed by atoms with E-state index in [4.69, 9.17) is 0 Å². The summed E-state index contributed by atoms with van der Waals surface area (Å²) < 4.78 is 0. The molecule has 0 aromatic heterocycles. The van der Waals surface area contributed by atoms with Gasteiger partial charge in [0.2, 0.25) is 0 Å². The van der Waals surface area contributed by atoms with Crippen molar-refractivity contribution < 1.29 is 9.59 Å². The maximum Gasteiger partial charge on any atom is 0.354 e. The summed E-state index contributed by atoms with van der Waals surface area (Å²) in [5.41, 5.74) is 6.55. The number of carbonyl (C=O) groups excluding carboxylic acids is 2. The van der Waals surface area contributed by atoms with Gasteiger partial charge in [-0.1, -0.05) is 0 Å². The number of hydrazine groups is 2. The van der Waals surface area contributed by atoms with E-state index in [1.165, 1.54) is 5.01 Å². The highest BCUT2D eigenvalue weighted by Crippen LogP contribution is 1.85. The van der Waals surface area contributed by atoms with Crippen LogP contribution in [0.1, 0.15) is 6.92 Å². The zero-order chi connectivity index (χ0) is 7.56. The van der Waals surface area contributed by atoms with Gasteiger partial charge in [0, 0.05) is 6.54 Å². The molecule has 0 bridgehead atoms. The lowest BCUT2D eigenvalue weighted by Crippen LogP contribution is -2.64. The molecule has 0 radical (unpaired) electrons. The fraction of sp³-hybridized carbons (Fsp3) is 0.500. The van der Waals surface area contributed by atoms with Crippen molar-refractivity contribution in [3.05, 3.63) is 0 Å². The van der Waals surface area contributed by atoms with Crippen molar-refractivity contribution in [2.24, 2.45) is 0 Å². The van der Waals surface area contributed by atoms with Crippen LogP contribution in [0.2, 0.25) is 0 Å². The summed E-state index contributed by atoms with van der Waals surface area (Å²) in [4.78, 5) is 21.2. The molecule has 0 aliphatic carbocycles. The third kappa shape index (κ3) is 1.09. The molecule has 1 fully saturated rings. The van der Waals surface area contributed by atoms with Crippen molar-refractivity contribution in [3.8, 4) is 0 Å². The molecule has 0 aromatic carbocycles. The second-order valence-corrected chi connectivity index (χ2v) is 1.74. The third-order valence-corrected chi connectivity index (χ3v) is 1.08. The first-order chi connectivity index (χ1) is 4.74. The number of hydrogen-bond acceptors (Lipinski definition) is 2. The Morgan fingerprint density at radius 2 is 2.10 bits per heavy atom. The number of carbonyl (C=O) groups is 2. The Morgan fingerprint density at radius 1 is 1.40 bits per heavy atom. The van der Waals surface area contributed by atoms with Crippen LogP contribution in [0, 0.1) is 0 Å². The zero-order valence-electron chi connectivity index (χ0n) is 5.47. The Hall–Kier alpha value is -1.46. The lowest BCUT2D eigenvalue weighted by molar-refractivity contribution is 0.149. The Balaban J connectivity index is 2.53. The number of urea groups is 2. The van der Waals surface area contributed by atoms with E-state index in [1.54, 1.807) is 6.92 Å². The number of rotatable bonds is 1. The lowest BCUT2D eigenvalue weighted by Gasteiger charge is -2.26. The fourth-order valence-electron chi connectivity index (χ4n) is 0.602. The first kappa shape index (κ1) is 6.66. The third-order valence-electron chi connectivity index (χ3n) is 1.08. The SMILES string of the molecule is CCN1NC(=O)NNC1=O. The lowest BCUT2D eigenvalue weighted by atomic mass is 10.7. The normalized spacial score (nSPS) is 17.5. The minimum atomic E-state index is -0.429. The Kier molecular flexibility index (Phi) is 1.61. The summed E-state index contributed by atoms with van der Waals surface area (Å²) in [5.74, 6) is 0. The van der Waals surface area contributed by atoms with Gasteiger partial charge in [0.25, 0.3) is 0 Å². The molecule has 0 aromatic rings. The first-order valence-corrected chi connectivity index (χ1v) is 2.88. The van der Waals surface area contributed by atoms with Crippen molar-refractivity contribution >= 4 is 12.1 Å². The van der Waals surface area contributed by atoms with Crippen LogP contribution >= 0.6 is 0 Å². The van der Waals surface area contributed by atoms with E-state index in [0.717, 1.165) is 0 Å². The highest BCUT2D eigenvalue weighted by atomic mass is 16.2. The standard InChI is InChI=1S/C4H8N4O2/c1-2-8-4(10)6-5-3(9)7-8/h2H2,1H3,(H,6,10)(H2,5,7,9). The Labute approximate surface area is 57.5 Å². The van der Waals surface area contributed by atoms with Gasteiger partial charge in [-0.25, -0.2) is 30.9 Å². The molecular formula is C4H8N4O2. The molecule has 1 rings (SSSR count). The van der Waals surface area contributed by atoms with E-state index >= 15 is 0 Å². The zero-order valence-corrected chi connectivity index (χ0v) is 5.47. The summed E-state index contributed by atoms with van der Waals surface area (Å²) >= 11 is 0. The van der Waals surface area contributed by atoms with Gasteiger partial charge in [0.1, 0.15) is 0 Å². The topological polar surface area (TPSA) is 73.5 Å². The van der Waals surface area contributed by atoms with Crippen molar-refractivity contribution in [2.45, 2.75) is 6.92 Å². The molecule has 6 nitrogen and oxygen atoms in total. The molecule has 1 heterocycles. The number of nitrogens with zero attached hydrogens (tertiary/aromatic N) is 1. The van der Waals surface area contributed by atoms with Crippen LogP contribution in [0.5, 0.6) is 0 Å². The highest BCUT2D eigenvalue weighted by Gasteiger charge is 2.19. The molecule has 3 N–H and O–H groups in total. The van der Waals surface area contributed by atoms with Gasteiger partial charge in [0.15, 0.2) is 0 Å². The van der Waals surface area contributed by atoms with Crippen molar-refractivity contribution in [3.63, 3.8) is 0 Å². The second-order valence-electron chi connectivity index (χ2n) is 1.74. The highest BCUT2D eigenvalue weighted by molar-refractivity contribution is 5.85. The van der Waals surface area contributed by atoms with Crippen LogP contribution in [0.25, 0.3) is 0 Å². The van der Waals surface area contributed by atoms with Crippen LogP contribution in [0.15, 0.2) is 0 Å². The van der Waals surface area contributed by atoms with Crippen LogP contribution < -0.4 is 16.3 Å². The maximum absolute atomic E-state index is 10.7. The molecule has 10 heavy (non-hydrogen) atoms. The molecule has 0 spiro atoms. The Morgan fingerprint density at radius 3 is 2.60 bits per heavy atom. The molecule has 0 unspecified atom stereocenters. The summed E-state index contributed by atoms with van der Waals surface area (Å²) in [5, 5.41) is 1.17. The molecule has 1 aliphatic rings. The molecule has 6 heteroatoms. The van der Waals surface area contributed by atoms with E-state index in [0.29, 0.717) is 6.54 Å². The summed E-state index contributed by atoms with van der Waals surface area (Å²) in [7, 11) is 0. The minimum Gasteiger partial charge on any atom is -0.246 e. The molecule has 1 saturated heterocycles. The smallest absolute Gasteiger partial charge is 0.246 e. The van der Waals surface area contributed by atoms with Crippen molar-refractivity contribution in [2.75, 3.05) is 6.54 Å². The molecule has 0 atom stereocenters. The monoisotopic (exact) mass is 144 g/mol. The summed E-state index contributed by atoms with van der Waals surface area (Å²) in [6.07, 6.45) is 0. The van der Waals surface area contributed by atoms with E-state index in [9.17, 15) is 9.59 Å². The predicted octanol–water partition coefficient (Wildman–Crippen LogP) is -0.839. The van der Waals surface area contributed by atoms with Crippen LogP contribution in [0.4, 0.5) is 9.59 Å². The van der Waals surface area contributed by atoms with Crippen molar-refractivity contribution in [1.29, 1.82) is 0 Å². The second kappa shape index (κ2) is 2.42. The molecule has 1 aliphatic heterocycles. The van der Waals surface area contributed by atoms with E-state index in [2.05, 4.69) is 16.3 Å². The molecule has 0 saturated carbocycles. The van der Waals surface area contributed by atoms with Crippen LogP contribution in [-0.4, -0.2) is 23.6 Å². The predicted molar refractivity (Wildman–Crippen MR) is 32.6 cm³/mol. The average Bonchev–Trinajstić information content (AvgIpc) is 1.94. The number of hydrogen-bond donors (Lipinski definition) is 3. The van der Waals surface area contributed by atoms with Crippen LogP contribution in [-0.2, 0) is 0 Å². The average molecular weight is 144 g/mol.